The standard InChI is InChI=1S/C15H21N7/c1-2-5-16-13-4-8-19-15(20-13)22-11-9-21(10-12-22)14-17-6-3-7-18-14/h3-4,6-8H,2,5,9-12H2,1H3,(H,16,19,20). The Bertz CT molecular complexity index is 581. The molecule has 0 aliphatic carbocycles. The monoisotopic (exact) mass is 299 g/mol. The van der Waals surface area contributed by atoms with Gasteiger partial charge in [0.1, 0.15) is 5.82 Å². The fourth-order valence-electron chi connectivity index (χ4n) is 2.41. The van der Waals surface area contributed by atoms with E-state index in [4.69, 9.17) is 0 Å². The molecule has 1 saturated heterocycles. The Kier molecular flexibility index (Phi) is 4.62. The van der Waals surface area contributed by atoms with Crippen LogP contribution in [0.1, 0.15) is 13.3 Å². The van der Waals surface area contributed by atoms with E-state index in [0.717, 1.165) is 56.9 Å². The van der Waals surface area contributed by atoms with E-state index in [9.17, 15) is 0 Å². The van der Waals surface area contributed by atoms with Crippen LogP contribution in [-0.2, 0) is 0 Å². The lowest BCUT2D eigenvalue weighted by molar-refractivity contribution is 0.628. The number of rotatable bonds is 5. The molecule has 3 heterocycles. The third-order valence-corrected chi connectivity index (χ3v) is 3.60. The van der Waals surface area contributed by atoms with E-state index in [0.29, 0.717) is 0 Å². The number of anilines is 3. The van der Waals surface area contributed by atoms with Crippen LogP contribution in [0.4, 0.5) is 17.7 Å². The molecule has 0 amide bonds. The maximum Gasteiger partial charge on any atom is 0.227 e. The Balaban J connectivity index is 1.61. The van der Waals surface area contributed by atoms with Gasteiger partial charge in [-0.3, -0.25) is 0 Å². The molecule has 0 spiro atoms. The van der Waals surface area contributed by atoms with E-state index >= 15 is 0 Å². The minimum absolute atomic E-state index is 0.787. The summed E-state index contributed by atoms with van der Waals surface area (Å²) >= 11 is 0. The van der Waals surface area contributed by atoms with Gasteiger partial charge in [-0.25, -0.2) is 15.0 Å². The molecule has 7 nitrogen and oxygen atoms in total. The molecule has 0 radical (unpaired) electrons. The topological polar surface area (TPSA) is 70.1 Å². The molecule has 0 aromatic carbocycles. The largest absolute Gasteiger partial charge is 0.370 e. The maximum absolute atomic E-state index is 4.59. The molecular weight excluding hydrogens is 278 g/mol. The maximum atomic E-state index is 4.59. The van der Waals surface area contributed by atoms with Crippen molar-refractivity contribution in [1.82, 2.24) is 19.9 Å². The Labute approximate surface area is 130 Å². The van der Waals surface area contributed by atoms with Gasteiger partial charge < -0.3 is 15.1 Å². The summed E-state index contributed by atoms with van der Waals surface area (Å²) in [6.07, 6.45) is 6.45. The van der Waals surface area contributed by atoms with Crippen LogP contribution in [0.2, 0.25) is 0 Å². The van der Waals surface area contributed by atoms with Gasteiger partial charge in [-0.1, -0.05) is 6.92 Å². The van der Waals surface area contributed by atoms with Crippen molar-refractivity contribution in [2.75, 3.05) is 47.8 Å². The van der Waals surface area contributed by atoms with Crippen LogP contribution in [-0.4, -0.2) is 52.7 Å². The van der Waals surface area contributed by atoms with Crippen molar-refractivity contribution in [2.24, 2.45) is 0 Å². The first-order valence-corrected chi connectivity index (χ1v) is 7.70. The normalized spacial score (nSPS) is 15.0. The van der Waals surface area contributed by atoms with Gasteiger partial charge in [0.05, 0.1) is 0 Å². The highest BCUT2D eigenvalue weighted by Gasteiger charge is 2.20. The van der Waals surface area contributed by atoms with Crippen molar-refractivity contribution in [3.63, 3.8) is 0 Å². The third-order valence-electron chi connectivity index (χ3n) is 3.60. The first-order valence-electron chi connectivity index (χ1n) is 7.70. The van der Waals surface area contributed by atoms with E-state index in [1.54, 1.807) is 12.4 Å². The molecule has 1 N–H and O–H groups in total. The van der Waals surface area contributed by atoms with Crippen LogP contribution in [0, 0.1) is 0 Å². The van der Waals surface area contributed by atoms with Crippen molar-refractivity contribution in [3.8, 4) is 0 Å². The lowest BCUT2D eigenvalue weighted by Gasteiger charge is -2.34. The number of aromatic nitrogens is 4. The number of piperazine rings is 1. The highest BCUT2D eigenvalue weighted by atomic mass is 15.4. The highest BCUT2D eigenvalue weighted by Crippen LogP contribution is 2.15. The Morgan fingerprint density at radius 3 is 2.27 bits per heavy atom. The van der Waals surface area contributed by atoms with Gasteiger partial charge in [0.25, 0.3) is 0 Å². The third kappa shape index (κ3) is 3.41. The fraction of sp³-hybridized carbons (Fsp3) is 0.467. The van der Waals surface area contributed by atoms with Gasteiger partial charge in [0.15, 0.2) is 0 Å². The van der Waals surface area contributed by atoms with Gasteiger partial charge in [-0.05, 0) is 18.6 Å². The van der Waals surface area contributed by atoms with Gasteiger partial charge >= 0.3 is 0 Å². The van der Waals surface area contributed by atoms with Gasteiger partial charge in [-0.15, -0.1) is 0 Å². The first-order chi connectivity index (χ1) is 10.9. The van der Waals surface area contributed by atoms with Crippen LogP contribution in [0.15, 0.2) is 30.7 Å². The van der Waals surface area contributed by atoms with Crippen molar-refractivity contribution in [3.05, 3.63) is 30.7 Å². The summed E-state index contributed by atoms with van der Waals surface area (Å²) in [5.41, 5.74) is 0. The summed E-state index contributed by atoms with van der Waals surface area (Å²) in [7, 11) is 0. The van der Waals surface area contributed by atoms with E-state index in [1.807, 2.05) is 18.3 Å². The highest BCUT2D eigenvalue weighted by molar-refractivity contribution is 5.43. The molecule has 2 aromatic rings. The van der Waals surface area contributed by atoms with Gasteiger partial charge in [0, 0.05) is 51.3 Å². The molecule has 3 rings (SSSR count). The van der Waals surface area contributed by atoms with Crippen molar-refractivity contribution < 1.29 is 0 Å². The molecule has 0 atom stereocenters. The molecule has 1 aliphatic rings. The summed E-state index contributed by atoms with van der Waals surface area (Å²) < 4.78 is 0. The zero-order chi connectivity index (χ0) is 15.2. The molecule has 2 aromatic heterocycles. The molecule has 0 unspecified atom stereocenters. The fourth-order valence-corrected chi connectivity index (χ4v) is 2.41. The molecule has 1 fully saturated rings. The van der Waals surface area contributed by atoms with E-state index in [1.165, 1.54) is 0 Å². The predicted molar refractivity (Wildman–Crippen MR) is 87.3 cm³/mol. The van der Waals surface area contributed by atoms with Crippen molar-refractivity contribution in [2.45, 2.75) is 13.3 Å². The summed E-state index contributed by atoms with van der Waals surface area (Å²) in [5, 5.41) is 3.30. The summed E-state index contributed by atoms with van der Waals surface area (Å²) in [5.74, 6) is 2.47. The first kappa shape index (κ1) is 14.5. The number of nitrogens with zero attached hydrogens (tertiary/aromatic N) is 6. The molecule has 1 aliphatic heterocycles. The van der Waals surface area contributed by atoms with E-state index in [2.05, 4.69) is 42.0 Å². The summed E-state index contributed by atoms with van der Waals surface area (Å²) in [4.78, 5) is 22.0. The summed E-state index contributed by atoms with van der Waals surface area (Å²) in [6.45, 7) is 6.56. The van der Waals surface area contributed by atoms with Crippen LogP contribution in [0.3, 0.4) is 0 Å². The van der Waals surface area contributed by atoms with Crippen LogP contribution in [0.5, 0.6) is 0 Å². The quantitative estimate of drug-likeness (QED) is 0.895. The van der Waals surface area contributed by atoms with Crippen molar-refractivity contribution >= 4 is 17.7 Å². The molecule has 0 bridgehead atoms. The Hall–Kier alpha value is -2.44. The average Bonchev–Trinajstić information content (AvgIpc) is 2.61. The van der Waals surface area contributed by atoms with Gasteiger partial charge in [-0.2, -0.15) is 4.98 Å². The van der Waals surface area contributed by atoms with Crippen molar-refractivity contribution in [1.29, 1.82) is 0 Å². The molecule has 7 heteroatoms. The number of nitrogens with one attached hydrogen (secondary N) is 1. The second-order valence-corrected chi connectivity index (χ2v) is 5.19. The SMILES string of the molecule is CCCNc1ccnc(N2CCN(c3ncccn3)CC2)n1. The number of hydrogen-bond acceptors (Lipinski definition) is 7. The van der Waals surface area contributed by atoms with Crippen LogP contribution < -0.4 is 15.1 Å². The predicted octanol–water partition coefficient (Wildman–Crippen LogP) is 1.42. The number of hydrogen-bond donors (Lipinski definition) is 1. The van der Waals surface area contributed by atoms with Crippen LogP contribution in [0.25, 0.3) is 0 Å². The lowest BCUT2D eigenvalue weighted by Crippen LogP contribution is -2.47. The molecule has 22 heavy (non-hydrogen) atoms. The second kappa shape index (κ2) is 7.02. The molecular formula is C15H21N7. The Morgan fingerprint density at radius 2 is 1.59 bits per heavy atom. The molecule has 116 valence electrons. The second-order valence-electron chi connectivity index (χ2n) is 5.19. The van der Waals surface area contributed by atoms with E-state index < -0.39 is 0 Å². The minimum atomic E-state index is 0.787. The Morgan fingerprint density at radius 1 is 0.955 bits per heavy atom. The lowest BCUT2D eigenvalue weighted by atomic mass is 10.3. The van der Waals surface area contributed by atoms with E-state index in [-0.39, 0.29) is 0 Å². The average molecular weight is 299 g/mol. The molecule has 0 saturated carbocycles. The van der Waals surface area contributed by atoms with Gasteiger partial charge in [0.2, 0.25) is 11.9 Å². The summed E-state index contributed by atoms with van der Waals surface area (Å²) in [6, 6.07) is 3.75. The zero-order valence-corrected chi connectivity index (χ0v) is 12.8. The smallest absolute Gasteiger partial charge is 0.227 e. The van der Waals surface area contributed by atoms with Crippen LogP contribution >= 0.6 is 0 Å². The zero-order valence-electron chi connectivity index (χ0n) is 12.8. The minimum Gasteiger partial charge on any atom is -0.370 e.